The Morgan fingerprint density at radius 1 is 0.742 bits per heavy atom. The Balaban J connectivity index is 1.45. The summed E-state index contributed by atoms with van der Waals surface area (Å²) in [6, 6.07) is 17.7. The van der Waals surface area contributed by atoms with Gasteiger partial charge < -0.3 is 0 Å². The van der Waals surface area contributed by atoms with Crippen molar-refractivity contribution in [3.05, 3.63) is 112 Å². The smallest absolute Gasteiger partial charge is 0.195 e. The zero-order valence-electron chi connectivity index (χ0n) is 17.1. The van der Waals surface area contributed by atoms with Crippen molar-refractivity contribution in [2.75, 3.05) is 0 Å². The van der Waals surface area contributed by atoms with Crippen LogP contribution in [0.1, 0.15) is 34.9 Å². The number of nitrogens with zero attached hydrogens (tertiary/aromatic N) is 1. The molecule has 1 nitrogen and oxygen atoms in total. The Kier molecular flexibility index (Phi) is 6.04. The highest BCUT2D eigenvalue weighted by atomic mass is 19.2. The van der Waals surface area contributed by atoms with Crippen molar-refractivity contribution in [3.63, 3.8) is 0 Å². The number of halogens is 3. The van der Waals surface area contributed by atoms with Crippen molar-refractivity contribution in [1.82, 2.24) is 4.98 Å². The molecule has 1 heterocycles. The van der Waals surface area contributed by atoms with Crippen LogP contribution < -0.4 is 0 Å². The quantitative estimate of drug-likeness (QED) is 0.278. The standard InChI is InChI=1S/C27H20F3N/c1-2-18-9-12-23(31-17-18)13-10-20-5-3-19(4-6-20)7-8-21-11-14-24-22(15-21)16-25(28)27(30)26(24)29/h3-6,9,11-12,14-17H,2,10,13H2,1H3. The maximum Gasteiger partial charge on any atom is 0.195 e. The molecule has 0 saturated carbocycles. The minimum Gasteiger partial charge on any atom is -0.261 e. The first-order valence-electron chi connectivity index (χ1n) is 10.2. The molecule has 4 aromatic rings. The number of pyridine rings is 1. The molecule has 0 saturated heterocycles. The number of benzene rings is 3. The van der Waals surface area contributed by atoms with Gasteiger partial charge in [0.05, 0.1) is 0 Å². The molecule has 0 amide bonds. The summed E-state index contributed by atoms with van der Waals surface area (Å²) in [4.78, 5) is 4.49. The molecule has 0 aliphatic carbocycles. The third kappa shape index (κ3) is 4.78. The summed E-state index contributed by atoms with van der Waals surface area (Å²) in [6.45, 7) is 2.11. The summed E-state index contributed by atoms with van der Waals surface area (Å²) in [5.41, 5.74) is 4.95. The molecule has 4 rings (SSSR count). The van der Waals surface area contributed by atoms with Gasteiger partial charge in [-0.05, 0) is 72.2 Å². The molecule has 0 atom stereocenters. The van der Waals surface area contributed by atoms with Crippen LogP contribution in [0, 0.1) is 29.3 Å². The number of aryl methyl sites for hydroxylation is 3. The maximum atomic E-state index is 13.8. The Morgan fingerprint density at radius 3 is 2.16 bits per heavy atom. The highest BCUT2D eigenvalue weighted by Gasteiger charge is 2.13. The summed E-state index contributed by atoms with van der Waals surface area (Å²) in [6.07, 6.45) is 4.69. The number of fused-ring (bicyclic) bond motifs is 1. The molecule has 0 N–H and O–H groups in total. The van der Waals surface area contributed by atoms with E-state index in [0.29, 0.717) is 5.56 Å². The van der Waals surface area contributed by atoms with Gasteiger partial charge in [-0.1, -0.05) is 43.0 Å². The summed E-state index contributed by atoms with van der Waals surface area (Å²) < 4.78 is 40.7. The lowest BCUT2D eigenvalue weighted by molar-refractivity contribution is 0.453. The second-order valence-corrected chi connectivity index (χ2v) is 7.38. The summed E-state index contributed by atoms with van der Waals surface area (Å²) >= 11 is 0. The zero-order chi connectivity index (χ0) is 21.8. The Morgan fingerprint density at radius 2 is 1.45 bits per heavy atom. The van der Waals surface area contributed by atoms with Crippen LogP contribution >= 0.6 is 0 Å². The average molecular weight is 415 g/mol. The van der Waals surface area contributed by atoms with Crippen molar-refractivity contribution in [2.24, 2.45) is 0 Å². The van der Waals surface area contributed by atoms with Crippen molar-refractivity contribution in [3.8, 4) is 11.8 Å². The number of hydrogen-bond acceptors (Lipinski definition) is 1. The highest BCUT2D eigenvalue weighted by Crippen LogP contribution is 2.24. The molecule has 0 radical (unpaired) electrons. The molecule has 0 fully saturated rings. The first-order valence-corrected chi connectivity index (χ1v) is 10.2. The monoisotopic (exact) mass is 415 g/mol. The lowest BCUT2D eigenvalue weighted by Crippen LogP contribution is -1.95. The van der Waals surface area contributed by atoms with Crippen molar-refractivity contribution >= 4 is 10.8 Å². The van der Waals surface area contributed by atoms with E-state index in [9.17, 15) is 13.2 Å². The predicted octanol–water partition coefficient (Wildman–Crippen LogP) is 6.40. The fourth-order valence-corrected chi connectivity index (χ4v) is 3.37. The van der Waals surface area contributed by atoms with Crippen LogP contribution in [-0.4, -0.2) is 4.98 Å². The molecule has 0 aliphatic rings. The first-order chi connectivity index (χ1) is 15.0. The van der Waals surface area contributed by atoms with Crippen LogP contribution in [0.5, 0.6) is 0 Å². The van der Waals surface area contributed by atoms with E-state index in [2.05, 4.69) is 35.9 Å². The molecule has 0 aliphatic heterocycles. The minimum absolute atomic E-state index is 0.0348. The van der Waals surface area contributed by atoms with Crippen molar-refractivity contribution < 1.29 is 13.2 Å². The third-order valence-electron chi connectivity index (χ3n) is 5.24. The van der Waals surface area contributed by atoms with Gasteiger partial charge in [0.1, 0.15) is 0 Å². The van der Waals surface area contributed by atoms with Gasteiger partial charge in [-0.25, -0.2) is 13.2 Å². The second kappa shape index (κ2) is 9.06. The predicted molar refractivity (Wildman–Crippen MR) is 117 cm³/mol. The number of aromatic nitrogens is 1. The molecular weight excluding hydrogens is 395 g/mol. The molecule has 4 heteroatoms. The molecule has 0 spiro atoms. The van der Waals surface area contributed by atoms with Gasteiger partial charge in [-0.15, -0.1) is 0 Å². The Bertz CT molecular complexity index is 1280. The Labute approximate surface area is 179 Å². The largest absolute Gasteiger partial charge is 0.261 e. The molecule has 0 unspecified atom stereocenters. The highest BCUT2D eigenvalue weighted by molar-refractivity contribution is 5.84. The van der Waals surface area contributed by atoms with Crippen molar-refractivity contribution in [2.45, 2.75) is 26.2 Å². The van der Waals surface area contributed by atoms with Crippen LogP contribution in [0.15, 0.2) is 66.9 Å². The van der Waals surface area contributed by atoms with Gasteiger partial charge in [0.25, 0.3) is 0 Å². The lowest BCUT2D eigenvalue weighted by atomic mass is 10.0. The topological polar surface area (TPSA) is 12.9 Å². The third-order valence-corrected chi connectivity index (χ3v) is 5.24. The first kappa shape index (κ1) is 20.7. The van der Waals surface area contributed by atoms with E-state index in [4.69, 9.17) is 0 Å². The summed E-state index contributed by atoms with van der Waals surface area (Å²) in [5, 5.41) is 0.312. The van der Waals surface area contributed by atoms with E-state index >= 15 is 0 Å². The van der Waals surface area contributed by atoms with E-state index in [1.807, 2.05) is 30.5 Å². The van der Waals surface area contributed by atoms with Gasteiger partial charge in [-0.3, -0.25) is 4.98 Å². The number of hydrogen-bond donors (Lipinski definition) is 0. The van der Waals surface area contributed by atoms with Gasteiger partial charge in [0.15, 0.2) is 17.5 Å². The van der Waals surface area contributed by atoms with Crippen LogP contribution in [0.3, 0.4) is 0 Å². The van der Waals surface area contributed by atoms with Crippen LogP contribution in [0.4, 0.5) is 13.2 Å². The second-order valence-electron chi connectivity index (χ2n) is 7.38. The van der Waals surface area contributed by atoms with E-state index < -0.39 is 17.5 Å². The normalized spacial score (nSPS) is 10.7. The van der Waals surface area contributed by atoms with Crippen molar-refractivity contribution in [1.29, 1.82) is 0 Å². The van der Waals surface area contributed by atoms with E-state index in [1.165, 1.54) is 17.2 Å². The van der Waals surface area contributed by atoms with Crippen LogP contribution in [0.2, 0.25) is 0 Å². The molecule has 1 aromatic heterocycles. The molecule has 3 aromatic carbocycles. The Hall–Kier alpha value is -3.58. The maximum absolute atomic E-state index is 13.8. The minimum atomic E-state index is -1.46. The van der Waals surface area contributed by atoms with Gasteiger partial charge in [0, 0.05) is 28.4 Å². The molecule has 154 valence electrons. The fraction of sp³-hybridized carbons (Fsp3) is 0.148. The van der Waals surface area contributed by atoms with Gasteiger partial charge in [0.2, 0.25) is 0 Å². The SMILES string of the molecule is CCc1ccc(CCc2ccc(C#Cc3ccc4c(F)c(F)c(F)cc4c3)cc2)nc1. The van der Waals surface area contributed by atoms with E-state index in [-0.39, 0.29) is 10.8 Å². The van der Waals surface area contributed by atoms with E-state index in [0.717, 1.165) is 36.6 Å². The summed E-state index contributed by atoms with van der Waals surface area (Å²) in [7, 11) is 0. The van der Waals surface area contributed by atoms with Crippen LogP contribution in [0.25, 0.3) is 10.8 Å². The van der Waals surface area contributed by atoms with Gasteiger partial charge >= 0.3 is 0 Å². The molecular formula is C27H20F3N. The van der Waals surface area contributed by atoms with E-state index in [1.54, 1.807) is 12.1 Å². The lowest BCUT2D eigenvalue weighted by Gasteiger charge is -2.03. The zero-order valence-corrected chi connectivity index (χ0v) is 17.1. The average Bonchev–Trinajstić information content (AvgIpc) is 2.81. The number of rotatable bonds is 4. The van der Waals surface area contributed by atoms with Crippen LogP contribution in [-0.2, 0) is 19.3 Å². The fourth-order valence-electron chi connectivity index (χ4n) is 3.37. The summed E-state index contributed by atoms with van der Waals surface area (Å²) in [5.74, 6) is 2.21. The molecule has 31 heavy (non-hydrogen) atoms. The van der Waals surface area contributed by atoms with Gasteiger partial charge in [-0.2, -0.15) is 0 Å². The molecule has 0 bridgehead atoms.